The fraction of sp³-hybridized carbons (Fsp3) is 1.00. The molecule has 0 amide bonds. The van der Waals surface area contributed by atoms with Crippen LogP contribution >= 0.6 is 57.9 Å². The van der Waals surface area contributed by atoms with E-state index in [0.717, 1.165) is 5.75 Å². The summed E-state index contributed by atoms with van der Waals surface area (Å²) in [4.78, 5) is 0. The summed E-state index contributed by atoms with van der Waals surface area (Å²) in [6, 6.07) is 0. The van der Waals surface area contributed by atoms with Crippen molar-refractivity contribution >= 4 is 57.9 Å². The van der Waals surface area contributed by atoms with Crippen molar-refractivity contribution in [3.63, 3.8) is 0 Å². The number of hydrogen-bond donors (Lipinski definition) is 1. The Morgan fingerprint density at radius 3 is 1.60 bits per heavy atom. The van der Waals surface area contributed by atoms with Crippen LogP contribution in [0, 0.1) is 0 Å². The van der Waals surface area contributed by atoms with Crippen molar-refractivity contribution in [3.05, 3.63) is 0 Å². The molecule has 124 valence electrons. The number of thiol groups is 1. The Hall–Kier alpha value is 1.75. The van der Waals surface area contributed by atoms with Crippen LogP contribution in [-0.4, -0.2) is 63.3 Å². The highest BCUT2D eigenvalue weighted by Gasteiger charge is 2.22. The first kappa shape index (κ1) is 21.8. The highest BCUT2D eigenvalue weighted by atomic mass is 32.3. The maximum Gasteiger partial charge on any atom is 0.000896 e. The van der Waals surface area contributed by atoms with Gasteiger partial charge in [-0.15, -0.1) is 0 Å². The topological polar surface area (TPSA) is 0 Å². The molecule has 0 saturated heterocycles. The zero-order valence-corrected chi connectivity index (χ0v) is 17.7. The van der Waals surface area contributed by atoms with Crippen LogP contribution in [0.25, 0.3) is 0 Å². The predicted molar refractivity (Wildman–Crippen MR) is 115 cm³/mol. The predicted octanol–water partition coefficient (Wildman–Crippen LogP) is 5.37. The molecule has 0 saturated carbocycles. The van der Waals surface area contributed by atoms with Crippen LogP contribution in [0.4, 0.5) is 0 Å². The summed E-state index contributed by atoms with van der Waals surface area (Å²) < 4.78 is 0. The van der Waals surface area contributed by atoms with E-state index in [-0.39, 0.29) is 0 Å². The second kappa shape index (κ2) is 15.6. The van der Waals surface area contributed by atoms with Crippen molar-refractivity contribution in [1.82, 2.24) is 0 Å². The standard InChI is InChI=1S/C15H34S5/c1-4-8-19-11-15-20(12-7-16,13-9-17-5-2)14-10-18-6-3/h16H,4-15H2,1-3H3. The molecule has 0 aromatic heterocycles. The van der Waals surface area contributed by atoms with E-state index in [1.54, 1.807) is 0 Å². The molecule has 0 fully saturated rings. The molecule has 0 aromatic carbocycles. The summed E-state index contributed by atoms with van der Waals surface area (Å²) in [7, 11) is -0.410. The Labute approximate surface area is 147 Å². The van der Waals surface area contributed by atoms with Gasteiger partial charge in [-0.3, -0.25) is 0 Å². The lowest BCUT2D eigenvalue weighted by Gasteiger charge is -2.40. The van der Waals surface area contributed by atoms with Gasteiger partial charge in [-0.25, -0.2) is 10.0 Å². The average molecular weight is 375 g/mol. The minimum Gasteiger partial charge on any atom is -0.238 e. The van der Waals surface area contributed by atoms with Gasteiger partial charge in [0.25, 0.3) is 0 Å². The molecule has 0 aromatic rings. The first-order valence-corrected chi connectivity index (χ1v) is 14.2. The van der Waals surface area contributed by atoms with Crippen molar-refractivity contribution in [2.45, 2.75) is 27.2 Å². The molecule has 0 rings (SSSR count). The Bertz CT molecular complexity index is 189. The van der Waals surface area contributed by atoms with E-state index in [1.807, 2.05) is 0 Å². The van der Waals surface area contributed by atoms with Gasteiger partial charge >= 0.3 is 0 Å². The molecule has 0 bridgehead atoms. The van der Waals surface area contributed by atoms with Gasteiger partial charge in [0.2, 0.25) is 0 Å². The van der Waals surface area contributed by atoms with Crippen LogP contribution in [0.15, 0.2) is 0 Å². The highest BCUT2D eigenvalue weighted by molar-refractivity contribution is 8.34. The first-order chi connectivity index (χ1) is 9.74. The second-order valence-corrected chi connectivity index (χ2v) is 13.3. The third-order valence-electron chi connectivity index (χ3n) is 3.26. The van der Waals surface area contributed by atoms with Gasteiger partial charge in [-0.05, 0) is 52.4 Å². The molecular formula is C15H34S5. The summed E-state index contributed by atoms with van der Waals surface area (Å²) in [6.07, 6.45) is 1.32. The van der Waals surface area contributed by atoms with Gasteiger partial charge in [-0.2, -0.15) is 47.9 Å². The third kappa shape index (κ3) is 11.3. The molecule has 20 heavy (non-hydrogen) atoms. The second-order valence-electron chi connectivity index (χ2n) is 4.77. The van der Waals surface area contributed by atoms with Crippen molar-refractivity contribution in [1.29, 1.82) is 0 Å². The summed E-state index contributed by atoms with van der Waals surface area (Å²) in [6.45, 7) is 6.85. The van der Waals surface area contributed by atoms with E-state index in [4.69, 9.17) is 0 Å². The van der Waals surface area contributed by atoms with Gasteiger partial charge in [0.15, 0.2) is 0 Å². The van der Waals surface area contributed by atoms with Gasteiger partial charge in [0.05, 0.1) is 0 Å². The molecular weight excluding hydrogens is 341 g/mol. The van der Waals surface area contributed by atoms with E-state index in [2.05, 4.69) is 68.7 Å². The van der Waals surface area contributed by atoms with E-state index >= 15 is 0 Å². The molecule has 0 radical (unpaired) electrons. The van der Waals surface area contributed by atoms with Crippen molar-refractivity contribution in [3.8, 4) is 0 Å². The fourth-order valence-corrected chi connectivity index (χ4v) is 11.5. The van der Waals surface area contributed by atoms with Crippen LogP contribution in [-0.2, 0) is 0 Å². The van der Waals surface area contributed by atoms with Crippen LogP contribution in [0.1, 0.15) is 27.2 Å². The zero-order valence-electron chi connectivity index (χ0n) is 13.6. The summed E-state index contributed by atoms with van der Waals surface area (Å²) in [5, 5.41) is 0. The van der Waals surface area contributed by atoms with E-state index in [0.29, 0.717) is 0 Å². The van der Waals surface area contributed by atoms with E-state index in [1.165, 1.54) is 63.9 Å². The highest BCUT2D eigenvalue weighted by Crippen LogP contribution is 2.49. The molecule has 0 aliphatic heterocycles. The molecule has 0 nitrogen and oxygen atoms in total. The third-order valence-corrected chi connectivity index (χ3v) is 11.8. The average Bonchev–Trinajstić information content (AvgIpc) is 2.44. The zero-order chi connectivity index (χ0) is 15.1. The Kier molecular flexibility index (Phi) is 17.0. The molecule has 0 aliphatic carbocycles. The largest absolute Gasteiger partial charge is 0.238 e. The maximum absolute atomic E-state index is 4.57. The quantitative estimate of drug-likeness (QED) is 0.302. The molecule has 0 spiro atoms. The summed E-state index contributed by atoms with van der Waals surface area (Å²) in [5.41, 5.74) is 0. The summed E-state index contributed by atoms with van der Waals surface area (Å²) >= 11 is 11.0. The van der Waals surface area contributed by atoms with E-state index in [9.17, 15) is 0 Å². The Balaban J connectivity index is 4.37. The van der Waals surface area contributed by atoms with Gasteiger partial charge in [0, 0.05) is 17.3 Å². The molecule has 0 atom stereocenters. The number of hydrogen-bond acceptors (Lipinski definition) is 4. The van der Waals surface area contributed by atoms with Crippen LogP contribution < -0.4 is 0 Å². The molecule has 5 heteroatoms. The van der Waals surface area contributed by atoms with Crippen molar-refractivity contribution in [2.24, 2.45) is 0 Å². The number of rotatable bonds is 15. The van der Waals surface area contributed by atoms with E-state index < -0.39 is 10.0 Å². The lowest BCUT2D eigenvalue weighted by atomic mass is 10.6. The maximum atomic E-state index is 4.57. The lowest BCUT2D eigenvalue weighted by Crippen LogP contribution is -2.22. The molecule has 0 heterocycles. The smallest absolute Gasteiger partial charge is 0.000896 e. The van der Waals surface area contributed by atoms with Gasteiger partial charge < -0.3 is 0 Å². The lowest BCUT2D eigenvalue weighted by molar-refractivity contribution is 1.10. The van der Waals surface area contributed by atoms with Crippen molar-refractivity contribution in [2.75, 3.05) is 63.3 Å². The molecule has 0 aliphatic rings. The van der Waals surface area contributed by atoms with Crippen LogP contribution in [0.2, 0.25) is 0 Å². The Morgan fingerprint density at radius 2 is 1.20 bits per heavy atom. The molecule has 0 unspecified atom stereocenters. The van der Waals surface area contributed by atoms with Crippen molar-refractivity contribution < 1.29 is 0 Å². The SMILES string of the molecule is CCCSCCS(CCS)(CCSCC)CCSCC. The molecule has 0 N–H and O–H groups in total. The van der Waals surface area contributed by atoms with Gasteiger partial charge in [0.1, 0.15) is 0 Å². The van der Waals surface area contributed by atoms with Crippen LogP contribution in [0.3, 0.4) is 0 Å². The number of thioether (sulfide) groups is 3. The normalized spacial score (nSPS) is 12.8. The fourth-order valence-electron chi connectivity index (χ4n) is 2.05. The summed E-state index contributed by atoms with van der Waals surface area (Å²) in [5.74, 6) is 14.9. The van der Waals surface area contributed by atoms with Crippen LogP contribution in [0.5, 0.6) is 0 Å². The van der Waals surface area contributed by atoms with Gasteiger partial charge in [-0.1, -0.05) is 20.8 Å². The minimum absolute atomic E-state index is 0.410. The first-order valence-electron chi connectivity index (χ1n) is 7.82. The Morgan fingerprint density at radius 1 is 0.700 bits per heavy atom. The minimum atomic E-state index is -0.410. The monoisotopic (exact) mass is 374 g/mol.